The lowest BCUT2D eigenvalue weighted by Gasteiger charge is -2.37. The molecule has 1 aromatic carbocycles. The Morgan fingerprint density at radius 1 is 1.07 bits per heavy atom. The molecule has 1 aliphatic carbocycles. The Morgan fingerprint density at radius 3 is 2.43 bits per heavy atom. The lowest BCUT2D eigenvalue weighted by atomic mass is 9.86. The van der Waals surface area contributed by atoms with E-state index in [1.807, 2.05) is 24.3 Å². The fourth-order valence-corrected chi connectivity index (χ4v) is 4.57. The zero-order chi connectivity index (χ0) is 19.8. The maximum absolute atomic E-state index is 13.0. The zero-order valence-corrected chi connectivity index (χ0v) is 16.2. The Hall–Kier alpha value is -2.52. The quantitative estimate of drug-likeness (QED) is 0.551. The molecule has 2 fully saturated rings. The molecule has 2 heterocycles. The Morgan fingerprint density at radius 2 is 1.79 bits per heavy atom. The summed E-state index contributed by atoms with van der Waals surface area (Å²) in [4.78, 5) is 41.9. The Balaban J connectivity index is 1.48. The third kappa shape index (κ3) is 3.59. The second-order valence-electron chi connectivity index (χ2n) is 7.53. The number of hydrogen-bond donors (Lipinski definition) is 4. The van der Waals surface area contributed by atoms with Gasteiger partial charge in [0.2, 0.25) is 17.7 Å². The summed E-state index contributed by atoms with van der Waals surface area (Å²) in [5.41, 5.74) is 4.31. The molecular formula is C19H23N5O3S. The predicted octanol–water partition coefficient (Wildman–Crippen LogP) is 0.211. The number of aromatic nitrogens is 1. The van der Waals surface area contributed by atoms with E-state index in [0.29, 0.717) is 43.8 Å². The van der Waals surface area contributed by atoms with Crippen LogP contribution in [0.1, 0.15) is 30.7 Å². The second-order valence-corrected chi connectivity index (χ2v) is 8.65. The van der Waals surface area contributed by atoms with Crippen LogP contribution in [-0.4, -0.2) is 46.9 Å². The minimum absolute atomic E-state index is 0.114. The molecule has 0 radical (unpaired) electrons. The highest BCUT2D eigenvalue weighted by Gasteiger charge is 2.53. The molecule has 0 spiro atoms. The second kappa shape index (κ2) is 7.14. The number of primary amides is 1. The van der Waals surface area contributed by atoms with Crippen molar-refractivity contribution in [3.8, 4) is 0 Å². The first-order chi connectivity index (χ1) is 13.4. The molecule has 0 bridgehead atoms. The Bertz CT molecular complexity index is 898. The molecule has 1 aliphatic heterocycles. The predicted molar refractivity (Wildman–Crippen MR) is 106 cm³/mol. The number of thiazole rings is 1. The van der Waals surface area contributed by atoms with E-state index in [9.17, 15) is 14.4 Å². The summed E-state index contributed by atoms with van der Waals surface area (Å²) in [6.45, 7) is 1.22. The molecule has 148 valence electrons. The zero-order valence-electron chi connectivity index (χ0n) is 15.4. The molecule has 1 saturated heterocycles. The number of carbonyl (C=O) groups excluding carboxylic acids is 3. The maximum Gasteiger partial charge on any atom is 0.246 e. The van der Waals surface area contributed by atoms with E-state index in [-0.39, 0.29) is 18.2 Å². The first kappa shape index (κ1) is 18.8. The minimum atomic E-state index is -1.04. The van der Waals surface area contributed by atoms with Gasteiger partial charge in [-0.2, -0.15) is 0 Å². The molecule has 0 atom stereocenters. The van der Waals surface area contributed by atoms with Gasteiger partial charge in [-0.3, -0.25) is 14.4 Å². The number of nitrogens with zero attached hydrogens (tertiary/aromatic N) is 1. The van der Waals surface area contributed by atoms with Gasteiger partial charge >= 0.3 is 0 Å². The average Bonchev–Trinajstić information content (AvgIpc) is 3.34. The van der Waals surface area contributed by atoms with Crippen LogP contribution in [0.5, 0.6) is 0 Å². The molecule has 2 aromatic rings. The summed E-state index contributed by atoms with van der Waals surface area (Å²) in [5, 5.41) is 9.65. The van der Waals surface area contributed by atoms with Crippen molar-refractivity contribution >= 4 is 39.3 Å². The summed E-state index contributed by atoms with van der Waals surface area (Å²) >= 11 is 1.47. The molecule has 5 N–H and O–H groups in total. The summed E-state index contributed by atoms with van der Waals surface area (Å²) in [6.07, 6.45) is 2.12. The molecule has 28 heavy (non-hydrogen) atoms. The smallest absolute Gasteiger partial charge is 0.246 e. The number of nitrogens with two attached hydrogens (primary N) is 1. The van der Waals surface area contributed by atoms with Gasteiger partial charge in [0, 0.05) is 0 Å². The van der Waals surface area contributed by atoms with Crippen molar-refractivity contribution < 1.29 is 14.4 Å². The van der Waals surface area contributed by atoms with E-state index in [2.05, 4.69) is 20.9 Å². The van der Waals surface area contributed by atoms with Gasteiger partial charge in [0.1, 0.15) is 16.1 Å². The van der Waals surface area contributed by atoms with Crippen LogP contribution in [0.15, 0.2) is 24.3 Å². The van der Waals surface area contributed by atoms with Crippen LogP contribution in [0.3, 0.4) is 0 Å². The molecule has 8 nitrogen and oxygen atoms in total. The van der Waals surface area contributed by atoms with Gasteiger partial charge in [-0.15, -0.1) is 11.3 Å². The number of carbonyl (C=O) groups is 3. The number of fused-ring (bicyclic) bond motifs is 1. The van der Waals surface area contributed by atoms with Crippen molar-refractivity contribution in [3.05, 3.63) is 29.3 Å². The lowest BCUT2D eigenvalue weighted by Crippen LogP contribution is -2.65. The van der Waals surface area contributed by atoms with Crippen molar-refractivity contribution in [2.75, 3.05) is 13.1 Å². The van der Waals surface area contributed by atoms with Gasteiger partial charge < -0.3 is 21.7 Å². The largest absolute Gasteiger partial charge is 0.368 e. The van der Waals surface area contributed by atoms with Crippen LogP contribution in [0.25, 0.3) is 10.2 Å². The van der Waals surface area contributed by atoms with Crippen LogP contribution in [0, 0.1) is 0 Å². The number of benzene rings is 1. The van der Waals surface area contributed by atoms with Gasteiger partial charge in [0.25, 0.3) is 0 Å². The van der Waals surface area contributed by atoms with Gasteiger partial charge in [0.05, 0.1) is 16.6 Å². The maximum atomic E-state index is 13.0. The van der Waals surface area contributed by atoms with E-state index in [1.54, 1.807) is 0 Å². The highest BCUT2D eigenvalue weighted by Crippen LogP contribution is 2.36. The summed E-state index contributed by atoms with van der Waals surface area (Å²) < 4.78 is 1.02. The van der Waals surface area contributed by atoms with Crippen LogP contribution < -0.4 is 21.7 Å². The first-order valence-electron chi connectivity index (χ1n) is 9.41. The van der Waals surface area contributed by atoms with Crippen molar-refractivity contribution in [1.29, 1.82) is 0 Å². The molecule has 4 rings (SSSR count). The molecule has 1 saturated carbocycles. The van der Waals surface area contributed by atoms with Crippen LogP contribution in [-0.2, 0) is 20.8 Å². The van der Waals surface area contributed by atoms with E-state index < -0.39 is 17.0 Å². The van der Waals surface area contributed by atoms with Crippen molar-refractivity contribution in [3.63, 3.8) is 0 Å². The number of hydrogen-bond acceptors (Lipinski definition) is 6. The van der Waals surface area contributed by atoms with Gasteiger partial charge in [-0.05, 0) is 50.9 Å². The van der Waals surface area contributed by atoms with Crippen LogP contribution in [0.4, 0.5) is 0 Å². The van der Waals surface area contributed by atoms with Gasteiger partial charge in [0.15, 0.2) is 0 Å². The average molecular weight is 401 g/mol. The molecule has 9 heteroatoms. The van der Waals surface area contributed by atoms with Crippen molar-refractivity contribution in [2.45, 2.75) is 43.2 Å². The topological polar surface area (TPSA) is 126 Å². The first-order valence-corrected chi connectivity index (χ1v) is 10.2. The Labute approximate surface area is 166 Å². The SMILES string of the molecule is NC(=O)C1(NC(=O)C2(NC(=O)Cc3nc4ccccc4s3)CCNCC2)CC1. The van der Waals surface area contributed by atoms with Crippen molar-refractivity contribution in [2.24, 2.45) is 5.73 Å². The lowest BCUT2D eigenvalue weighted by molar-refractivity contribution is -0.137. The number of amides is 3. The fraction of sp³-hybridized carbons (Fsp3) is 0.474. The highest BCUT2D eigenvalue weighted by atomic mass is 32.1. The van der Waals surface area contributed by atoms with E-state index in [4.69, 9.17) is 5.73 Å². The number of rotatable bonds is 6. The molecule has 1 aromatic heterocycles. The third-order valence-corrected chi connectivity index (χ3v) is 6.53. The fourth-order valence-electron chi connectivity index (χ4n) is 3.60. The standard InChI is InChI=1S/C19H23N5O3S/c20-16(26)18(5-6-18)24-17(27)19(7-9-21-10-8-19)23-14(25)11-15-22-12-3-1-2-4-13(12)28-15/h1-4,21H,5-11H2,(H2,20,26)(H,23,25)(H,24,27). The highest BCUT2D eigenvalue weighted by molar-refractivity contribution is 7.18. The van der Waals surface area contributed by atoms with Gasteiger partial charge in [-0.25, -0.2) is 4.98 Å². The summed E-state index contributed by atoms with van der Waals surface area (Å²) in [6, 6.07) is 7.72. The monoisotopic (exact) mass is 401 g/mol. The van der Waals surface area contributed by atoms with E-state index in [0.717, 1.165) is 10.2 Å². The van der Waals surface area contributed by atoms with Gasteiger partial charge in [-0.1, -0.05) is 12.1 Å². The number of para-hydroxylation sites is 1. The summed E-state index contributed by atoms with van der Waals surface area (Å²) in [5.74, 6) is -1.10. The minimum Gasteiger partial charge on any atom is -0.368 e. The van der Waals surface area contributed by atoms with Crippen LogP contribution >= 0.6 is 11.3 Å². The molecule has 2 aliphatic rings. The van der Waals surface area contributed by atoms with Crippen LogP contribution in [0.2, 0.25) is 0 Å². The van der Waals surface area contributed by atoms with E-state index >= 15 is 0 Å². The van der Waals surface area contributed by atoms with E-state index in [1.165, 1.54) is 11.3 Å². The normalized spacial score (nSPS) is 19.7. The Kier molecular flexibility index (Phi) is 4.80. The number of piperidine rings is 1. The molecular weight excluding hydrogens is 378 g/mol. The molecule has 0 unspecified atom stereocenters. The third-order valence-electron chi connectivity index (χ3n) is 5.49. The molecule has 3 amide bonds. The number of nitrogens with one attached hydrogen (secondary N) is 3. The summed E-state index contributed by atoms with van der Waals surface area (Å²) in [7, 11) is 0. The van der Waals surface area contributed by atoms with Crippen molar-refractivity contribution in [1.82, 2.24) is 20.9 Å².